The minimum Gasteiger partial charge on any atom is -0.318 e. The molecule has 102 valence electrons. The molecule has 0 saturated heterocycles. The van der Waals surface area contributed by atoms with Crippen LogP contribution in [-0.4, -0.2) is 20.7 Å². The van der Waals surface area contributed by atoms with E-state index in [1.165, 1.54) is 11.3 Å². The highest BCUT2D eigenvalue weighted by Gasteiger charge is 2.15. The quantitative estimate of drug-likeness (QED) is 0.935. The molecule has 0 aromatic carbocycles. The van der Waals surface area contributed by atoms with Gasteiger partial charge in [0.2, 0.25) is 0 Å². The highest BCUT2D eigenvalue weighted by Crippen LogP contribution is 2.22. The van der Waals surface area contributed by atoms with Gasteiger partial charge in [0, 0.05) is 19.2 Å². The third-order valence-electron chi connectivity index (χ3n) is 2.73. The molecule has 2 rings (SSSR count). The lowest BCUT2D eigenvalue weighted by molar-refractivity contribution is 0.103. The van der Waals surface area contributed by atoms with E-state index < -0.39 is 0 Å². The monoisotopic (exact) mass is 278 g/mol. The van der Waals surface area contributed by atoms with Gasteiger partial charge in [0.1, 0.15) is 4.88 Å². The molecule has 1 amide bonds. The predicted molar refractivity (Wildman–Crippen MR) is 76.7 cm³/mol. The van der Waals surface area contributed by atoms with E-state index in [1.807, 2.05) is 20.2 Å². The van der Waals surface area contributed by atoms with Crippen molar-refractivity contribution >= 4 is 22.9 Å². The number of anilines is 1. The van der Waals surface area contributed by atoms with Gasteiger partial charge in [-0.1, -0.05) is 20.8 Å². The minimum atomic E-state index is -0.118. The number of carbonyl (C=O) groups excluding carboxylic acids is 1. The van der Waals surface area contributed by atoms with Gasteiger partial charge in [0.25, 0.3) is 5.91 Å². The van der Waals surface area contributed by atoms with Crippen LogP contribution in [0.25, 0.3) is 0 Å². The highest BCUT2D eigenvalue weighted by molar-refractivity contribution is 7.13. The molecule has 0 aliphatic rings. The van der Waals surface area contributed by atoms with Gasteiger partial charge in [0.15, 0.2) is 0 Å². The lowest BCUT2D eigenvalue weighted by atomic mass is 10.2. The summed E-state index contributed by atoms with van der Waals surface area (Å²) in [4.78, 5) is 17.0. The zero-order valence-corrected chi connectivity index (χ0v) is 12.4. The molecular weight excluding hydrogens is 260 g/mol. The van der Waals surface area contributed by atoms with Crippen LogP contribution in [0.3, 0.4) is 0 Å². The third kappa shape index (κ3) is 3.01. The van der Waals surface area contributed by atoms with Gasteiger partial charge < -0.3 is 5.32 Å². The van der Waals surface area contributed by atoms with Gasteiger partial charge in [-0.05, 0) is 6.42 Å². The summed E-state index contributed by atoms with van der Waals surface area (Å²) in [5.74, 6) is 0.225. The largest absolute Gasteiger partial charge is 0.318 e. The smallest absolute Gasteiger partial charge is 0.267 e. The van der Waals surface area contributed by atoms with Gasteiger partial charge in [-0.3, -0.25) is 9.48 Å². The summed E-state index contributed by atoms with van der Waals surface area (Å²) in [5, 5.41) is 8.18. The fourth-order valence-electron chi connectivity index (χ4n) is 1.74. The van der Waals surface area contributed by atoms with Gasteiger partial charge >= 0.3 is 0 Å². The molecule has 0 spiro atoms. The summed E-state index contributed by atoms with van der Waals surface area (Å²) in [5.41, 5.74) is 1.67. The molecule has 0 fully saturated rings. The highest BCUT2D eigenvalue weighted by atomic mass is 32.1. The van der Waals surface area contributed by atoms with Crippen LogP contribution in [0, 0.1) is 0 Å². The van der Waals surface area contributed by atoms with E-state index in [0.29, 0.717) is 10.8 Å². The molecule has 0 aliphatic carbocycles. The molecule has 1 N–H and O–H groups in total. The topological polar surface area (TPSA) is 59.8 Å². The average molecular weight is 278 g/mol. The number of rotatable bonds is 4. The Hall–Kier alpha value is -1.69. The van der Waals surface area contributed by atoms with Crippen molar-refractivity contribution in [2.75, 3.05) is 5.32 Å². The molecule has 0 radical (unpaired) electrons. The number of nitrogens with zero attached hydrogens (tertiary/aromatic N) is 3. The van der Waals surface area contributed by atoms with Crippen LogP contribution >= 0.6 is 11.3 Å². The van der Waals surface area contributed by atoms with Gasteiger partial charge in [0.05, 0.1) is 22.6 Å². The van der Waals surface area contributed by atoms with Crippen molar-refractivity contribution in [3.05, 3.63) is 28.0 Å². The van der Waals surface area contributed by atoms with Crippen molar-refractivity contribution in [2.24, 2.45) is 7.05 Å². The molecule has 19 heavy (non-hydrogen) atoms. The van der Waals surface area contributed by atoms with Crippen LogP contribution < -0.4 is 5.32 Å². The molecular formula is C13H18N4OS. The van der Waals surface area contributed by atoms with Crippen molar-refractivity contribution in [3.63, 3.8) is 0 Å². The number of thiazole rings is 1. The zero-order valence-electron chi connectivity index (χ0n) is 11.6. The van der Waals surface area contributed by atoms with E-state index >= 15 is 0 Å². The number of aryl methyl sites for hydroxylation is 2. The summed E-state index contributed by atoms with van der Waals surface area (Å²) < 4.78 is 1.71. The summed E-state index contributed by atoms with van der Waals surface area (Å²) >= 11 is 1.44. The normalized spacial score (nSPS) is 11.0. The molecule has 0 bridgehead atoms. The van der Waals surface area contributed by atoms with Crippen LogP contribution in [0.2, 0.25) is 0 Å². The van der Waals surface area contributed by atoms with Gasteiger partial charge in [-0.2, -0.15) is 5.10 Å². The van der Waals surface area contributed by atoms with Crippen LogP contribution in [0.1, 0.15) is 47.1 Å². The molecule has 2 heterocycles. The second-order valence-electron chi connectivity index (χ2n) is 4.69. The Bertz CT molecular complexity index is 585. The maximum Gasteiger partial charge on any atom is 0.267 e. The Morgan fingerprint density at radius 1 is 1.53 bits per heavy atom. The molecule has 0 atom stereocenters. The number of hydrogen-bond acceptors (Lipinski definition) is 4. The van der Waals surface area contributed by atoms with Gasteiger partial charge in [-0.25, -0.2) is 4.98 Å². The Labute approximate surface area is 116 Å². The fourth-order valence-corrected chi connectivity index (χ4v) is 2.56. The molecule has 5 nitrogen and oxygen atoms in total. The number of amides is 1. The first kappa shape index (κ1) is 13.7. The Morgan fingerprint density at radius 2 is 2.26 bits per heavy atom. The molecule has 0 unspecified atom stereocenters. The minimum absolute atomic E-state index is 0.118. The number of nitrogens with one attached hydrogen (secondary N) is 1. The van der Waals surface area contributed by atoms with E-state index in [0.717, 1.165) is 22.8 Å². The van der Waals surface area contributed by atoms with Crippen LogP contribution in [-0.2, 0) is 13.5 Å². The first-order chi connectivity index (χ1) is 9.01. The Morgan fingerprint density at radius 3 is 2.84 bits per heavy atom. The average Bonchev–Trinajstić information content (AvgIpc) is 2.95. The zero-order chi connectivity index (χ0) is 14.0. The Balaban J connectivity index is 2.15. The van der Waals surface area contributed by atoms with E-state index in [1.54, 1.807) is 10.9 Å². The molecule has 2 aromatic heterocycles. The van der Waals surface area contributed by atoms with Crippen molar-refractivity contribution in [1.29, 1.82) is 0 Å². The molecule has 6 heteroatoms. The van der Waals surface area contributed by atoms with Crippen molar-refractivity contribution in [3.8, 4) is 0 Å². The maximum absolute atomic E-state index is 12.1. The van der Waals surface area contributed by atoms with Crippen LogP contribution in [0.5, 0.6) is 0 Å². The number of aromatic nitrogens is 3. The van der Waals surface area contributed by atoms with Crippen molar-refractivity contribution < 1.29 is 4.79 Å². The first-order valence-electron chi connectivity index (χ1n) is 6.30. The molecule has 0 aliphatic heterocycles. The SMILES string of the molecule is CCc1nn(C)cc1NC(=O)c1cnc(C(C)C)s1. The van der Waals surface area contributed by atoms with Crippen molar-refractivity contribution in [2.45, 2.75) is 33.1 Å². The van der Waals surface area contributed by atoms with E-state index in [-0.39, 0.29) is 5.91 Å². The standard InChI is InChI=1S/C13H18N4OS/c1-5-9-10(7-17(4)16-9)15-12(18)11-6-14-13(19-11)8(2)3/h6-8H,5H2,1-4H3,(H,15,18). The van der Waals surface area contributed by atoms with E-state index in [9.17, 15) is 4.79 Å². The summed E-state index contributed by atoms with van der Waals surface area (Å²) in [6, 6.07) is 0. The number of hydrogen-bond donors (Lipinski definition) is 1. The van der Waals surface area contributed by atoms with E-state index in [4.69, 9.17) is 0 Å². The molecule has 0 saturated carbocycles. The second kappa shape index (κ2) is 5.52. The lowest BCUT2D eigenvalue weighted by Crippen LogP contribution is -2.10. The molecule has 2 aromatic rings. The number of carbonyl (C=O) groups is 1. The summed E-state index contributed by atoms with van der Waals surface area (Å²) in [7, 11) is 1.85. The van der Waals surface area contributed by atoms with E-state index in [2.05, 4.69) is 29.2 Å². The maximum atomic E-state index is 12.1. The Kier molecular flexibility index (Phi) is 3.99. The lowest BCUT2D eigenvalue weighted by Gasteiger charge is -2.01. The fraction of sp³-hybridized carbons (Fsp3) is 0.462. The summed E-state index contributed by atoms with van der Waals surface area (Å²) in [6.45, 7) is 6.15. The second-order valence-corrected chi connectivity index (χ2v) is 5.75. The third-order valence-corrected chi connectivity index (χ3v) is 4.03. The van der Waals surface area contributed by atoms with Crippen LogP contribution in [0.4, 0.5) is 5.69 Å². The van der Waals surface area contributed by atoms with Crippen LogP contribution in [0.15, 0.2) is 12.4 Å². The van der Waals surface area contributed by atoms with Crippen molar-refractivity contribution in [1.82, 2.24) is 14.8 Å². The van der Waals surface area contributed by atoms with Gasteiger partial charge in [-0.15, -0.1) is 11.3 Å². The first-order valence-corrected chi connectivity index (χ1v) is 7.12. The summed E-state index contributed by atoms with van der Waals surface area (Å²) in [6.07, 6.45) is 4.24. The predicted octanol–water partition coefficient (Wildman–Crippen LogP) is 2.81.